The third-order valence-electron chi connectivity index (χ3n) is 3.31. The molecular weight excluding hydrogens is 150 g/mol. The van der Waals surface area contributed by atoms with Crippen LogP contribution in [0.5, 0.6) is 0 Å². The third-order valence-corrected chi connectivity index (χ3v) is 3.31. The van der Waals surface area contributed by atoms with Gasteiger partial charge in [0.05, 0.1) is 6.61 Å². The van der Waals surface area contributed by atoms with Gasteiger partial charge in [-0.15, -0.1) is 0 Å². The first-order valence-corrected chi connectivity index (χ1v) is 5.14. The predicted molar refractivity (Wildman–Crippen MR) is 48.9 cm³/mol. The van der Waals surface area contributed by atoms with Crippen molar-refractivity contribution in [1.82, 2.24) is 5.32 Å². The minimum absolute atomic E-state index is 0.0532. The summed E-state index contributed by atoms with van der Waals surface area (Å²) in [6, 6.07) is 0.547. The van der Waals surface area contributed by atoms with E-state index >= 15 is 0 Å². The highest BCUT2D eigenvalue weighted by atomic mass is 16.5. The SMILES string of the molecule is C[C@@H]1CO[C@]2(CCCC[C@@H]2C)N1. The molecule has 12 heavy (non-hydrogen) atoms. The van der Waals surface area contributed by atoms with Crippen molar-refractivity contribution in [2.75, 3.05) is 6.61 Å². The van der Waals surface area contributed by atoms with E-state index in [9.17, 15) is 0 Å². The Morgan fingerprint density at radius 1 is 1.33 bits per heavy atom. The Morgan fingerprint density at radius 2 is 2.17 bits per heavy atom. The Hall–Kier alpha value is -0.0800. The quantitative estimate of drug-likeness (QED) is 0.598. The first-order chi connectivity index (χ1) is 5.73. The van der Waals surface area contributed by atoms with Crippen LogP contribution in [0.2, 0.25) is 0 Å². The van der Waals surface area contributed by atoms with E-state index in [1.54, 1.807) is 0 Å². The normalized spacial score (nSPS) is 48.5. The average Bonchev–Trinajstić information content (AvgIpc) is 2.41. The van der Waals surface area contributed by atoms with Gasteiger partial charge in [0.1, 0.15) is 5.72 Å². The molecule has 0 aromatic rings. The first kappa shape index (κ1) is 8.52. The molecule has 0 unspecified atom stereocenters. The lowest BCUT2D eigenvalue weighted by atomic mass is 9.82. The molecule has 0 amide bonds. The molecule has 1 saturated heterocycles. The van der Waals surface area contributed by atoms with Crippen LogP contribution in [0.1, 0.15) is 39.5 Å². The number of rotatable bonds is 0. The van der Waals surface area contributed by atoms with Crippen LogP contribution < -0.4 is 5.32 Å². The van der Waals surface area contributed by atoms with Crippen molar-refractivity contribution >= 4 is 0 Å². The van der Waals surface area contributed by atoms with Crippen LogP contribution >= 0.6 is 0 Å². The van der Waals surface area contributed by atoms with E-state index in [4.69, 9.17) is 4.74 Å². The summed E-state index contributed by atoms with van der Waals surface area (Å²) in [6.07, 6.45) is 5.23. The van der Waals surface area contributed by atoms with Crippen molar-refractivity contribution in [2.45, 2.75) is 51.3 Å². The highest BCUT2D eigenvalue weighted by Gasteiger charge is 2.43. The molecule has 2 fully saturated rings. The number of hydrogen-bond donors (Lipinski definition) is 1. The molecular formula is C10H19NO. The molecule has 1 aliphatic heterocycles. The summed E-state index contributed by atoms with van der Waals surface area (Å²) >= 11 is 0. The summed E-state index contributed by atoms with van der Waals surface area (Å²) in [5.41, 5.74) is 0.0532. The Labute approximate surface area is 74.7 Å². The topological polar surface area (TPSA) is 21.3 Å². The summed E-state index contributed by atoms with van der Waals surface area (Å²) in [6.45, 7) is 5.41. The largest absolute Gasteiger partial charge is 0.359 e. The van der Waals surface area contributed by atoms with Crippen LogP contribution in [0.4, 0.5) is 0 Å². The number of hydrogen-bond acceptors (Lipinski definition) is 2. The molecule has 1 N–H and O–H groups in total. The summed E-state index contributed by atoms with van der Waals surface area (Å²) in [4.78, 5) is 0. The molecule has 0 aromatic carbocycles. The highest BCUT2D eigenvalue weighted by Crippen LogP contribution is 2.37. The van der Waals surface area contributed by atoms with E-state index in [-0.39, 0.29) is 5.72 Å². The number of ether oxygens (including phenoxy) is 1. The van der Waals surface area contributed by atoms with Gasteiger partial charge < -0.3 is 4.74 Å². The molecule has 2 aliphatic rings. The molecule has 1 aliphatic carbocycles. The fourth-order valence-corrected chi connectivity index (χ4v) is 2.52. The molecule has 0 aromatic heterocycles. The molecule has 2 rings (SSSR count). The molecule has 1 saturated carbocycles. The van der Waals surface area contributed by atoms with Gasteiger partial charge in [0.25, 0.3) is 0 Å². The van der Waals surface area contributed by atoms with Crippen LogP contribution in [0.15, 0.2) is 0 Å². The van der Waals surface area contributed by atoms with E-state index in [2.05, 4.69) is 19.2 Å². The maximum atomic E-state index is 5.89. The van der Waals surface area contributed by atoms with E-state index in [1.807, 2.05) is 0 Å². The minimum Gasteiger partial charge on any atom is -0.359 e. The Bertz CT molecular complexity index is 167. The zero-order valence-electron chi connectivity index (χ0n) is 8.10. The van der Waals surface area contributed by atoms with Crippen LogP contribution in [0.25, 0.3) is 0 Å². The van der Waals surface area contributed by atoms with Crippen molar-refractivity contribution in [3.8, 4) is 0 Å². The summed E-state index contributed by atoms with van der Waals surface area (Å²) < 4.78 is 5.89. The zero-order valence-corrected chi connectivity index (χ0v) is 8.10. The van der Waals surface area contributed by atoms with E-state index in [0.29, 0.717) is 12.0 Å². The van der Waals surface area contributed by atoms with Crippen LogP contribution in [0.3, 0.4) is 0 Å². The van der Waals surface area contributed by atoms with Gasteiger partial charge in [-0.3, -0.25) is 5.32 Å². The van der Waals surface area contributed by atoms with Gasteiger partial charge in [-0.05, 0) is 32.1 Å². The van der Waals surface area contributed by atoms with Gasteiger partial charge in [-0.25, -0.2) is 0 Å². The van der Waals surface area contributed by atoms with Crippen molar-refractivity contribution in [2.24, 2.45) is 5.92 Å². The lowest BCUT2D eigenvalue weighted by molar-refractivity contribution is -0.0765. The summed E-state index contributed by atoms with van der Waals surface area (Å²) in [5, 5.41) is 3.60. The summed E-state index contributed by atoms with van der Waals surface area (Å²) in [5.74, 6) is 0.691. The van der Waals surface area contributed by atoms with Gasteiger partial charge in [-0.1, -0.05) is 13.3 Å². The van der Waals surface area contributed by atoms with Crippen molar-refractivity contribution in [3.63, 3.8) is 0 Å². The molecule has 2 nitrogen and oxygen atoms in total. The van der Waals surface area contributed by atoms with E-state index in [1.165, 1.54) is 25.7 Å². The molecule has 3 atom stereocenters. The second-order valence-corrected chi connectivity index (χ2v) is 4.39. The van der Waals surface area contributed by atoms with Crippen LogP contribution in [-0.4, -0.2) is 18.4 Å². The fourth-order valence-electron chi connectivity index (χ4n) is 2.52. The maximum absolute atomic E-state index is 5.89. The fraction of sp³-hybridized carbons (Fsp3) is 1.00. The lowest BCUT2D eigenvalue weighted by Gasteiger charge is -2.38. The predicted octanol–water partition coefficient (Wildman–Crippen LogP) is 1.90. The molecule has 0 radical (unpaired) electrons. The standard InChI is InChI=1S/C10H19NO/c1-8-5-3-4-6-10(8)11-9(2)7-12-10/h8-9,11H,3-7H2,1-2H3/t8-,9+,10-/m0/s1. The maximum Gasteiger partial charge on any atom is 0.122 e. The third kappa shape index (κ3) is 1.27. The molecule has 70 valence electrons. The lowest BCUT2D eigenvalue weighted by Crippen LogP contribution is -2.50. The van der Waals surface area contributed by atoms with Crippen molar-refractivity contribution in [3.05, 3.63) is 0 Å². The van der Waals surface area contributed by atoms with E-state index in [0.717, 1.165) is 6.61 Å². The van der Waals surface area contributed by atoms with Crippen LogP contribution in [0, 0.1) is 5.92 Å². The summed E-state index contributed by atoms with van der Waals surface area (Å²) in [7, 11) is 0. The molecule has 1 spiro atoms. The van der Waals surface area contributed by atoms with Gasteiger partial charge in [0, 0.05) is 6.04 Å². The molecule has 0 bridgehead atoms. The highest BCUT2D eigenvalue weighted by molar-refractivity contribution is 4.93. The van der Waals surface area contributed by atoms with Gasteiger partial charge in [-0.2, -0.15) is 0 Å². The molecule has 1 heterocycles. The van der Waals surface area contributed by atoms with Crippen molar-refractivity contribution < 1.29 is 4.74 Å². The first-order valence-electron chi connectivity index (χ1n) is 5.14. The average molecular weight is 169 g/mol. The van der Waals surface area contributed by atoms with E-state index < -0.39 is 0 Å². The Balaban J connectivity index is 2.07. The molecule has 2 heteroatoms. The Morgan fingerprint density at radius 3 is 2.75 bits per heavy atom. The number of nitrogens with one attached hydrogen (secondary N) is 1. The smallest absolute Gasteiger partial charge is 0.122 e. The zero-order chi connectivity index (χ0) is 8.60. The van der Waals surface area contributed by atoms with Crippen LogP contribution in [-0.2, 0) is 4.74 Å². The van der Waals surface area contributed by atoms with Gasteiger partial charge >= 0.3 is 0 Å². The monoisotopic (exact) mass is 169 g/mol. The van der Waals surface area contributed by atoms with Gasteiger partial charge in [0.2, 0.25) is 0 Å². The Kier molecular flexibility index (Phi) is 2.13. The second kappa shape index (κ2) is 3.00. The minimum atomic E-state index is 0.0532. The second-order valence-electron chi connectivity index (χ2n) is 4.39. The van der Waals surface area contributed by atoms with Crippen molar-refractivity contribution in [1.29, 1.82) is 0 Å². The van der Waals surface area contributed by atoms with Gasteiger partial charge in [0.15, 0.2) is 0 Å².